The molecule has 0 amide bonds. The van der Waals surface area contributed by atoms with Gasteiger partial charge in [-0.1, -0.05) is 6.08 Å². The fraction of sp³-hybridized carbons (Fsp3) is 0.286. The molecule has 1 rings (SSSR count). The Labute approximate surface area is 119 Å². The number of methoxy groups -OCH3 is 2. The van der Waals surface area contributed by atoms with Crippen molar-refractivity contribution in [3.8, 4) is 11.5 Å². The summed E-state index contributed by atoms with van der Waals surface area (Å²) in [5, 5.41) is 2.96. The Balaban J connectivity index is 2.89. The van der Waals surface area contributed by atoms with E-state index in [1.807, 2.05) is 13.0 Å². The maximum Gasteiger partial charge on any atom is 0.199 e. The number of hydrogen-bond acceptors (Lipinski definition) is 3. The summed E-state index contributed by atoms with van der Waals surface area (Å²) in [5.41, 5.74) is 6.54. The standard InChI is InChI=1S/C14H20N4O2/c1-5-6-16-10(2)17-14(15)18-11-7-12(19-3)9-13(8-11)20-4/h5-9H,1-4H3,(H3,15,16,17,18). The van der Waals surface area contributed by atoms with E-state index in [9.17, 15) is 0 Å². The van der Waals surface area contributed by atoms with Crippen LogP contribution >= 0.6 is 0 Å². The van der Waals surface area contributed by atoms with Gasteiger partial charge < -0.3 is 20.5 Å². The number of nitrogens with two attached hydrogens (primary N) is 1. The van der Waals surface area contributed by atoms with Crippen molar-refractivity contribution in [1.82, 2.24) is 0 Å². The molecule has 0 aromatic heterocycles. The van der Waals surface area contributed by atoms with Crippen LogP contribution in [-0.2, 0) is 0 Å². The molecule has 6 heteroatoms. The zero-order valence-corrected chi connectivity index (χ0v) is 12.2. The van der Waals surface area contributed by atoms with Crippen molar-refractivity contribution in [2.45, 2.75) is 13.8 Å². The lowest BCUT2D eigenvalue weighted by molar-refractivity contribution is 0.395. The Morgan fingerprint density at radius 3 is 2.30 bits per heavy atom. The molecule has 108 valence electrons. The number of ether oxygens (including phenoxy) is 2. The van der Waals surface area contributed by atoms with Crippen molar-refractivity contribution in [1.29, 1.82) is 0 Å². The van der Waals surface area contributed by atoms with Crippen LogP contribution in [0, 0.1) is 0 Å². The topological polar surface area (TPSA) is 81.2 Å². The second-order valence-electron chi connectivity index (χ2n) is 3.88. The summed E-state index contributed by atoms with van der Waals surface area (Å²) in [7, 11) is 3.17. The molecule has 3 N–H and O–H groups in total. The highest BCUT2D eigenvalue weighted by atomic mass is 16.5. The van der Waals surface area contributed by atoms with Gasteiger partial charge in [0.25, 0.3) is 0 Å². The summed E-state index contributed by atoms with van der Waals surface area (Å²) in [5.74, 6) is 2.13. The Kier molecular flexibility index (Phi) is 6.09. The molecule has 0 aliphatic carbocycles. The minimum Gasteiger partial charge on any atom is -0.497 e. The van der Waals surface area contributed by atoms with Crippen LogP contribution in [0.1, 0.15) is 13.8 Å². The Morgan fingerprint density at radius 1 is 1.20 bits per heavy atom. The molecular weight excluding hydrogens is 256 g/mol. The predicted octanol–water partition coefficient (Wildman–Crippen LogP) is 2.38. The van der Waals surface area contributed by atoms with E-state index in [1.54, 1.807) is 45.5 Å². The van der Waals surface area contributed by atoms with Crippen molar-refractivity contribution in [2.75, 3.05) is 19.5 Å². The SMILES string of the molecule is CC=CN=C(C)N=C(N)Nc1cc(OC)cc(OC)c1. The third-order valence-corrected chi connectivity index (χ3v) is 2.32. The first-order valence-corrected chi connectivity index (χ1v) is 6.09. The summed E-state index contributed by atoms with van der Waals surface area (Å²) < 4.78 is 10.4. The highest BCUT2D eigenvalue weighted by Gasteiger charge is 2.03. The molecule has 0 aliphatic heterocycles. The normalized spacial score (nSPS) is 12.6. The molecule has 20 heavy (non-hydrogen) atoms. The minimum atomic E-state index is 0.242. The molecule has 1 aromatic carbocycles. The van der Waals surface area contributed by atoms with Gasteiger partial charge in [-0.15, -0.1) is 0 Å². The largest absolute Gasteiger partial charge is 0.497 e. The first-order valence-electron chi connectivity index (χ1n) is 6.09. The number of anilines is 1. The van der Waals surface area contributed by atoms with E-state index < -0.39 is 0 Å². The lowest BCUT2D eigenvalue weighted by Crippen LogP contribution is -2.23. The highest BCUT2D eigenvalue weighted by molar-refractivity contribution is 6.01. The van der Waals surface area contributed by atoms with Gasteiger partial charge in [0.2, 0.25) is 0 Å². The third-order valence-electron chi connectivity index (χ3n) is 2.32. The van der Waals surface area contributed by atoms with Gasteiger partial charge in [0.15, 0.2) is 5.96 Å². The van der Waals surface area contributed by atoms with E-state index in [4.69, 9.17) is 15.2 Å². The molecular formula is C14H20N4O2. The number of nitrogens with one attached hydrogen (secondary N) is 1. The van der Waals surface area contributed by atoms with Crippen LogP contribution < -0.4 is 20.5 Å². The number of allylic oxidation sites excluding steroid dienone is 1. The first kappa shape index (κ1) is 15.6. The number of aliphatic imine (C=N–C) groups is 2. The number of nitrogens with zero attached hydrogens (tertiary/aromatic N) is 2. The summed E-state index contributed by atoms with van der Waals surface area (Å²) in [6, 6.07) is 5.36. The molecule has 0 bridgehead atoms. The number of hydrogen-bond donors (Lipinski definition) is 2. The van der Waals surface area contributed by atoms with Crippen LogP contribution in [0.5, 0.6) is 11.5 Å². The van der Waals surface area contributed by atoms with Gasteiger partial charge in [0, 0.05) is 30.1 Å². The van der Waals surface area contributed by atoms with Gasteiger partial charge in [0.05, 0.1) is 14.2 Å². The van der Waals surface area contributed by atoms with E-state index in [1.165, 1.54) is 0 Å². The first-order chi connectivity index (χ1) is 9.58. The van der Waals surface area contributed by atoms with E-state index >= 15 is 0 Å². The van der Waals surface area contributed by atoms with Gasteiger partial charge >= 0.3 is 0 Å². The van der Waals surface area contributed by atoms with E-state index in [0.29, 0.717) is 17.3 Å². The zero-order chi connectivity index (χ0) is 15.0. The van der Waals surface area contributed by atoms with Crippen molar-refractivity contribution in [2.24, 2.45) is 15.7 Å². The molecule has 0 radical (unpaired) electrons. The van der Waals surface area contributed by atoms with Gasteiger partial charge in [0.1, 0.15) is 17.3 Å². The maximum absolute atomic E-state index is 5.81. The summed E-state index contributed by atoms with van der Waals surface area (Å²) in [6.45, 7) is 3.64. The molecule has 0 saturated carbocycles. The number of guanidine groups is 1. The molecule has 0 heterocycles. The van der Waals surface area contributed by atoms with Crippen LogP contribution in [-0.4, -0.2) is 26.0 Å². The fourth-order valence-electron chi connectivity index (χ4n) is 1.44. The summed E-state index contributed by atoms with van der Waals surface area (Å²) in [6.07, 6.45) is 3.47. The van der Waals surface area contributed by atoms with Crippen LogP contribution in [0.3, 0.4) is 0 Å². The Hall–Kier alpha value is -2.50. The van der Waals surface area contributed by atoms with Gasteiger partial charge in [-0.25, -0.2) is 9.98 Å². The van der Waals surface area contributed by atoms with Gasteiger partial charge in [-0.05, 0) is 13.8 Å². The smallest absolute Gasteiger partial charge is 0.199 e. The van der Waals surface area contributed by atoms with E-state index in [2.05, 4.69) is 15.3 Å². The van der Waals surface area contributed by atoms with Crippen molar-refractivity contribution >= 4 is 17.5 Å². The Morgan fingerprint density at radius 2 is 1.80 bits per heavy atom. The average molecular weight is 276 g/mol. The van der Waals surface area contributed by atoms with Crippen molar-refractivity contribution in [3.63, 3.8) is 0 Å². The van der Waals surface area contributed by atoms with E-state index in [0.717, 1.165) is 5.69 Å². The quantitative estimate of drug-likeness (QED) is 0.653. The number of amidine groups is 1. The van der Waals surface area contributed by atoms with Gasteiger partial charge in [-0.3, -0.25) is 0 Å². The minimum absolute atomic E-state index is 0.242. The summed E-state index contributed by atoms with van der Waals surface area (Å²) >= 11 is 0. The lowest BCUT2D eigenvalue weighted by Gasteiger charge is -2.10. The fourth-order valence-corrected chi connectivity index (χ4v) is 1.44. The van der Waals surface area contributed by atoms with Crippen molar-refractivity contribution in [3.05, 3.63) is 30.5 Å². The predicted molar refractivity (Wildman–Crippen MR) is 82.7 cm³/mol. The summed E-state index contributed by atoms with van der Waals surface area (Å²) in [4.78, 5) is 8.19. The van der Waals surface area contributed by atoms with Gasteiger partial charge in [-0.2, -0.15) is 0 Å². The molecule has 1 aromatic rings. The van der Waals surface area contributed by atoms with Crippen LogP contribution in [0.15, 0.2) is 40.5 Å². The molecule has 0 spiro atoms. The second kappa shape index (κ2) is 7.83. The molecule has 6 nitrogen and oxygen atoms in total. The average Bonchev–Trinajstić information content (AvgIpc) is 2.44. The van der Waals surface area contributed by atoms with Crippen molar-refractivity contribution < 1.29 is 9.47 Å². The monoisotopic (exact) mass is 276 g/mol. The van der Waals surface area contributed by atoms with E-state index in [-0.39, 0.29) is 5.96 Å². The second-order valence-corrected chi connectivity index (χ2v) is 3.88. The van der Waals surface area contributed by atoms with Crippen LogP contribution in [0.2, 0.25) is 0 Å². The molecule has 0 fully saturated rings. The third kappa shape index (κ3) is 5.01. The number of rotatable bonds is 4. The van der Waals surface area contributed by atoms with Crippen LogP contribution in [0.25, 0.3) is 0 Å². The molecule has 0 aliphatic rings. The number of benzene rings is 1. The molecule has 0 saturated heterocycles. The highest BCUT2D eigenvalue weighted by Crippen LogP contribution is 2.25. The van der Waals surface area contributed by atoms with Crippen LogP contribution in [0.4, 0.5) is 5.69 Å². The zero-order valence-electron chi connectivity index (χ0n) is 12.2. The Bertz CT molecular complexity index is 514. The molecule has 0 unspecified atom stereocenters. The lowest BCUT2D eigenvalue weighted by atomic mass is 10.3. The molecule has 0 atom stereocenters. The maximum atomic E-state index is 5.81.